The molecule has 1 aromatic carbocycles. The fraction of sp³-hybridized carbons (Fsp3) is 0.652. The van der Waals surface area contributed by atoms with Gasteiger partial charge in [0, 0.05) is 24.2 Å². The second kappa shape index (κ2) is 8.13. The smallest absolute Gasteiger partial charge is 0.309 e. The lowest BCUT2D eigenvalue weighted by Gasteiger charge is -2.61. The number of hydrogen-bond acceptors (Lipinski definition) is 4. The van der Waals surface area contributed by atoms with Crippen LogP contribution in [0.15, 0.2) is 24.3 Å². The molecule has 2 N–H and O–H groups in total. The highest BCUT2D eigenvalue weighted by Gasteiger charge is 2.62. The highest BCUT2D eigenvalue weighted by atomic mass is 35.5. The summed E-state index contributed by atoms with van der Waals surface area (Å²) in [5, 5.41) is 13.6. The van der Waals surface area contributed by atoms with Gasteiger partial charge >= 0.3 is 16.2 Å². The Bertz CT molecular complexity index is 1060. The molecule has 1 aliphatic heterocycles. The number of rotatable bonds is 5. The number of hydrogen-bond donors (Lipinski definition) is 2. The van der Waals surface area contributed by atoms with Crippen molar-refractivity contribution >= 4 is 39.4 Å². The van der Waals surface area contributed by atoms with Crippen molar-refractivity contribution in [1.82, 2.24) is 9.62 Å². The van der Waals surface area contributed by atoms with Crippen molar-refractivity contribution in [3.05, 3.63) is 29.3 Å². The Morgan fingerprint density at radius 1 is 1.18 bits per heavy atom. The van der Waals surface area contributed by atoms with E-state index < -0.39 is 21.6 Å². The van der Waals surface area contributed by atoms with E-state index in [2.05, 4.69) is 5.32 Å². The lowest BCUT2D eigenvalue weighted by Crippen LogP contribution is -2.65. The Labute approximate surface area is 199 Å². The molecule has 1 heterocycles. The zero-order chi connectivity index (χ0) is 23.5. The number of carbonyl (C=O) groups is 2. The molecule has 6 atom stereocenters. The average molecular weight is 496 g/mol. The monoisotopic (exact) mass is 495 g/mol. The van der Waals surface area contributed by atoms with Gasteiger partial charge < -0.3 is 10.4 Å². The van der Waals surface area contributed by atoms with Gasteiger partial charge in [-0.25, -0.2) is 0 Å². The Morgan fingerprint density at radius 3 is 2.61 bits per heavy atom. The summed E-state index contributed by atoms with van der Waals surface area (Å²) in [5.41, 5.74) is -0.147. The molecule has 4 bridgehead atoms. The molecule has 33 heavy (non-hydrogen) atoms. The fourth-order valence-electron chi connectivity index (χ4n) is 7.07. The van der Waals surface area contributed by atoms with E-state index in [9.17, 15) is 23.1 Å². The highest BCUT2D eigenvalue weighted by Crippen LogP contribution is 2.62. The van der Waals surface area contributed by atoms with Crippen molar-refractivity contribution in [1.29, 1.82) is 0 Å². The molecule has 1 aromatic rings. The van der Waals surface area contributed by atoms with E-state index in [0.717, 1.165) is 19.3 Å². The molecular weight excluding hydrogens is 466 g/mol. The summed E-state index contributed by atoms with van der Waals surface area (Å²) in [4.78, 5) is 25.1. The van der Waals surface area contributed by atoms with Crippen LogP contribution in [0.1, 0.15) is 39.0 Å². The normalized spacial score (nSPS) is 37.2. The Kier molecular flexibility index (Phi) is 5.65. The lowest BCUT2D eigenvalue weighted by atomic mass is 9.44. The number of anilines is 1. The molecule has 1 amide bonds. The summed E-state index contributed by atoms with van der Waals surface area (Å²) in [6, 6.07) is 6.54. The molecule has 180 valence electrons. The van der Waals surface area contributed by atoms with Crippen LogP contribution in [0.5, 0.6) is 0 Å². The molecule has 8 nitrogen and oxygen atoms in total. The number of nitrogens with one attached hydrogen (secondary N) is 1. The average Bonchev–Trinajstić information content (AvgIpc) is 2.76. The largest absolute Gasteiger partial charge is 0.481 e. The molecule has 4 aliphatic carbocycles. The quantitative estimate of drug-likeness (QED) is 0.653. The first-order valence-corrected chi connectivity index (χ1v) is 13.5. The molecule has 10 heteroatoms. The van der Waals surface area contributed by atoms with Crippen LogP contribution in [-0.4, -0.2) is 55.4 Å². The van der Waals surface area contributed by atoms with Gasteiger partial charge in [-0.15, -0.1) is 0 Å². The van der Waals surface area contributed by atoms with E-state index in [0.29, 0.717) is 36.0 Å². The topological polar surface area (TPSA) is 107 Å². The third-order valence-corrected chi connectivity index (χ3v) is 10.7. The number of carboxylic acid groups (broad SMARTS) is 1. The third-order valence-electron chi connectivity index (χ3n) is 8.57. The van der Waals surface area contributed by atoms with Crippen LogP contribution in [0.3, 0.4) is 0 Å². The van der Waals surface area contributed by atoms with Gasteiger partial charge in [0.1, 0.15) is 0 Å². The van der Waals surface area contributed by atoms with Crippen LogP contribution in [0, 0.1) is 29.1 Å². The van der Waals surface area contributed by atoms with Crippen LogP contribution in [0.2, 0.25) is 5.02 Å². The highest BCUT2D eigenvalue weighted by molar-refractivity contribution is 7.90. The molecule has 6 unspecified atom stereocenters. The predicted octanol–water partition coefficient (Wildman–Crippen LogP) is 2.74. The van der Waals surface area contributed by atoms with E-state index in [1.165, 1.54) is 8.61 Å². The second-order valence-corrected chi connectivity index (χ2v) is 12.5. The van der Waals surface area contributed by atoms with Gasteiger partial charge in [-0.2, -0.15) is 12.7 Å². The van der Waals surface area contributed by atoms with Crippen molar-refractivity contribution < 1.29 is 23.1 Å². The maximum absolute atomic E-state index is 13.2. The molecule has 4 saturated carbocycles. The molecule has 0 radical (unpaired) electrons. The number of aliphatic carboxylic acids is 1. The first kappa shape index (κ1) is 22.9. The molecule has 0 aromatic heterocycles. The number of amides is 1. The van der Waals surface area contributed by atoms with Crippen LogP contribution < -0.4 is 9.62 Å². The maximum Gasteiger partial charge on any atom is 0.309 e. The van der Waals surface area contributed by atoms with Gasteiger partial charge in [-0.1, -0.05) is 18.5 Å². The minimum absolute atomic E-state index is 0.00721. The molecule has 0 spiro atoms. The van der Waals surface area contributed by atoms with Gasteiger partial charge in [-0.05, 0) is 80.0 Å². The van der Waals surface area contributed by atoms with Crippen molar-refractivity contribution in [2.24, 2.45) is 29.1 Å². The van der Waals surface area contributed by atoms with Crippen LogP contribution >= 0.6 is 11.6 Å². The minimum atomic E-state index is -3.83. The van der Waals surface area contributed by atoms with Crippen molar-refractivity contribution in [3.8, 4) is 0 Å². The summed E-state index contributed by atoms with van der Waals surface area (Å²) in [5.74, 6) is -0.356. The maximum atomic E-state index is 13.2. The van der Waals surface area contributed by atoms with Gasteiger partial charge in [0.05, 0.1) is 17.6 Å². The Morgan fingerprint density at radius 2 is 1.91 bits per heavy atom. The third kappa shape index (κ3) is 3.72. The molecule has 6 rings (SSSR count). The zero-order valence-electron chi connectivity index (χ0n) is 18.6. The summed E-state index contributed by atoms with van der Waals surface area (Å²) in [7, 11) is -3.83. The fourth-order valence-corrected chi connectivity index (χ4v) is 8.86. The summed E-state index contributed by atoms with van der Waals surface area (Å²) < 4.78 is 29.0. The number of benzene rings is 1. The second-order valence-electron chi connectivity index (χ2n) is 10.3. The number of nitrogens with zero attached hydrogens (tertiary/aromatic N) is 2. The van der Waals surface area contributed by atoms with Gasteiger partial charge in [-0.3, -0.25) is 13.9 Å². The molecule has 5 aliphatic rings. The Hall–Kier alpha value is -1.84. The van der Waals surface area contributed by atoms with Gasteiger partial charge in [0.2, 0.25) is 5.91 Å². The van der Waals surface area contributed by atoms with Crippen molar-refractivity contribution in [2.45, 2.75) is 45.1 Å². The summed E-state index contributed by atoms with van der Waals surface area (Å²) in [6.45, 7) is 2.42. The molecular formula is C23H30ClN3O5S. The summed E-state index contributed by atoms with van der Waals surface area (Å²) >= 11 is 5.94. The number of carbonyl (C=O) groups excluding carboxylic acids is 1. The first-order chi connectivity index (χ1) is 15.6. The van der Waals surface area contributed by atoms with Crippen LogP contribution in [0.4, 0.5) is 5.69 Å². The number of halogens is 1. The van der Waals surface area contributed by atoms with E-state index in [1.807, 2.05) is 6.92 Å². The minimum Gasteiger partial charge on any atom is -0.481 e. The van der Waals surface area contributed by atoms with Crippen LogP contribution in [0.25, 0.3) is 0 Å². The van der Waals surface area contributed by atoms with Crippen molar-refractivity contribution in [3.63, 3.8) is 0 Å². The van der Waals surface area contributed by atoms with E-state index in [1.54, 1.807) is 24.3 Å². The van der Waals surface area contributed by atoms with Crippen molar-refractivity contribution in [2.75, 3.05) is 23.9 Å². The molecule has 5 fully saturated rings. The Balaban J connectivity index is 1.29. The SMILES string of the molecule is CC1C2CC3CC(CC1(C(=O)O)C3)C2NC(=O)CN1CCCN(c2ccc(Cl)cc2)S1(=O)=O. The van der Waals surface area contributed by atoms with Crippen LogP contribution in [-0.2, 0) is 19.8 Å². The van der Waals surface area contributed by atoms with E-state index in [-0.39, 0.29) is 42.8 Å². The zero-order valence-corrected chi connectivity index (χ0v) is 20.2. The van der Waals surface area contributed by atoms with E-state index >= 15 is 0 Å². The predicted molar refractivity (Wildman–Crippen MR) is 124 cm³/mol. The summed E-state index contributed by atoms with van der Waals surface area (Å²) in [6.07, 6.45) is 3.82. The first-order valence-electron chi connectivity index (χ1n) is 11.7. The standard InChI is InChI=1S/C23H30ClN3O5S/c1-14-19-10-15-9-16(12-23(14,11-15)22(29)30)21(19)25-20(28)13-26-7-2-8-27(33(26,31)32)18-5-3-17(24)4-6-18/h3-6,14-16,19,21H,2,7-13H2,1H3,(H,25,28)(H,29,30). The van der Waals surface area contributed by atoms with Gasteiger partial charge in [0.25, 0.3) is 0 Å². The van der Waals surface area contributed by atoms with Gasteiger partial charge in [0.15, 0.2) is 0 Å². The van der Waals surface area contributed by atoms with E-state index in [4.69, 9.17) is 11.6 Å². The lowest BCUT2D eigenvalue weighted by molar-refractivity contribution is -0.180. The number of carboxylic acids is 1. The molecule has 1 saturated heterocycles.